The Kier molecular flexibility index (Phi) is 3.09. The third-order valence-electron chi connectivity index (χ3n) is 2.40. The molecule has 3 N–H and O–H groups in total. The summed E-state index contributed by atoms with van der Waals surface area (Å²) in [5, 5.41) is 2.81. The van der Waals surface area contributed by atoms with Gasteiger partial charge in [0.15, 0.2) is 5.69 Å². The smallest absolute Gasteiger partial charge is 0.292 e. The molecule has 1 atom stereocenters. The second kappa shape index (κ2) is 4.69. The number of nitrogen functional groups attached to an aromatic ring is 1. The Morgan fingerprint density at radius 3 is 2.71 bits per heavy atom. The first-order valence-electron chi connectivity index (χ1n) is 5.23. The summed E-state index contributed by atoms with van der Waals surface area (Å²) in [7, 11) is 0. The first-order chi connectivity index (χ1) is 8.16. The Morgan fingerprint density at radius 2 is 2.12 bits per heavy atom. The lowest BCUT2D eigenvalue weighted by molar-refractivity contribution is 0.0935. The summed E-state index contributed by atoms with van der Waals surface area (Å²) < 4.78 is 4.78. The van der Waals surface area contributed by atoms with Crippen molar-refractivity contribution in [2.24, 2.45) is 0 Å². The normalized spacial score (nSPS) is 12.1. The summed E-state index contributed by atoms with van der Waals surface area (Å²) in [6.07, 6.45) is 1.24. The molecule has 2 aromatic rings. The van der Waals surface area contributed by atoms with E-state index in [4.69, 9.17) is 10.2 Å². The molecule has 0 fully saturated rings. The van der Waals surface area contributed by atoms with Crippen LogP contribution < -0.4 is 11.1 Å². The van der Waals surface area contributed by atoms with Crippen molar-refractivity contribution in [2.45, 2.75) is 13.0 Å². The van der Waals surface area contributed by atoms with Crippen LogP contribution in [0.5, 0.6) is 0 Å². The fraction of sp³-hybridized carbons (Fsp3) is 0.167. The van der Waals surface area contributed by atoms with Crippen molar-refractivity contribution in [3.05, 3.63) is 47.9 Å². The van der Waals surface area contributed by atoms with Crippen LogP contribution in [0.25, 0.3) is 0 Å². The van der Waals surface area contributed by atoms with Gasteiger partial charge < -0.3 is 15.5 Å². The number of hydrogen-bond acceptors (Lipinski definition) is 4. The summed E-state index contributed by atoms with van der Waals surface area (Å²) >= 11 is 0. The number of hydrogen-bond donors (Lipinski definition) is 2. The van der Waals surface area contributed by atoms with E-state index >= 15 is 0 Å². The molecule has 0 aliphatic heterocycles. The zero-order valence-corrected chi connectivity index (χ0v) is 9.38. The van der Waals surface area contributed by atoms with Gasteiger partial charge in [0.2, 0.25) is 0 Å². The number of benzene rings is 1. The van der Waals surface area contributed by atoms with Crippen LogP contribution in [-0.4, -0.2) is 10.9 Å². The third kappa shape index (κ3) is 2.63. The molecule has 1 heterocycles. The maximum Gasteiger partial charge on any atom is 0.292 e. The number of oxazole rings is 1. The number of carbonyl (C=O) groups is 1. The minimum atomic E-state index is -0.304. The largest absolute Gasteiger partial charge is 0.431 e. The van der Waals surface area contributed by atoms with Crippen molar-refractivity contribution in [3.8, 4) is 0 Å². The lowest BCUT2D eigenvalue weighted by atomic mass is 10.1. The van der Waals surface area contributed by atoms with Gasteiger partial charge in [0.25, 0.3) is 11.9 Å². The molecule has 0 bridgehead atoms. The summed E-state index contributed by atoms with van der Waals surface area (Å²) in [6, 6.07) is 9.56. The zero-order chi connectivity index (χ0) is 12.3. The van der Waals surface area contributed by atoms with E-state index < -0.39 is 0 Å². The van der Waals surface area contributed by atoms with Crippen LogP contribution in [0.2, 0.25) is 0 Å². The highest BCUT2D eigenvalue weighted by Gasteiger charge is 2.14. The van der Waals surface area contributed by atoms with E-state index in [2.05, 4.69) is 10.3 Å². The maximum absolute atomic E-state index is 11.8. The van der Waals surface area contributed by atoms with Crippen LogP contribution in [-0.2, 0) is 0 Å². The Labute approximate surface area is 98.6 Å². The SMILES string of the molecule is CC(NC(=O)c1coc(N)n1)c1ccccc1. The minimum Gasteiger partial charge on any atom is -0.431 e. The van der Waals surface area contributed by atoms with Crippen molar-refractivity contribution < 1.29 is 9.21 Å². The van der Waals surface area contributed by atoms with Crippen LogP contribution in [0, 0.1) is 0 Å². The second-order valence-electron chi connectivity index (χ2n) is 3.68. The monoisotopic (exact) mass is 231 g/mol. The van der Waals surface area contributed by atoms with Gasteiger partial charge in [-0.3, -0.25) is 4.79 Å². The number of nitrogens with zero attached hydrogens (tertiary/aromatic N) is 1. The molecule has 1 unspecified atom stereocenters. The fourth-order valence-electron chi connectivity index (χ4n) is 1.49. The summed E-state index contributed by atoms with van der Waals surface area (Å²) in [6.45, 7) is 1.90. The Bertz CT molecular complexity index is 507. The minimum absolute atomic E-state index is 0.0116. The molecule has 0 aliphatic carbocycles. The molecule has 0 saturated heterocycles. The summed E-state index contributed by atoms with van der Waals surface area (Å²) in [5.41, 5.74) is 6.51. The third-order valence-corrected chi connectivity index (χ3v) is 2.40. The van der Waals surface area contributed by atoms with E-state index in [1.54, 1.807) is 0 Å². The molecule has 0 spiro atoms. The van der Waals surface area contributed by atoms with Gasteiger partial charge in [-0.2, -0.15) is 4.98 Å². The molecule has 5 heteroatoms. The molecule has 0 saturated carbocycles. The maximum atomic E-state index is 11.8. The first-order valence-corrected chi connectivity index (χ1v) is 5.23. The van der Waals surface area contributed by atoms with Gasteiger partial charge in [-0.25, -0.2) is 0 Å². The molecule has 1 aromatic carbocycles. The molecule has 2 rings (SSSR count). The average Bonchev–Trinajstić information content (AvgIpc) is 2.77. The Morgan fingerprint density at radius 1 is 1.41 bits per heavy atom. The van der Waals surface area contributed by atoms with Gasteiger partial charge in [0, 0.05) is 0 Å². The average molecular weight is 231 g/mol. The lowest BCUT2D eigenvalue weighted by Gasteiger charge is -2.12. The van der Waals surface area contributed by atoms with Crippen molar-refractivity contribution >= 4 is 11.9 Å². The topological polar surface area (TPSA) is 81.2 Å². The van der Waals surface area contributed by atoms with Crippen LogP contribution >= 0.6 is 0 Å². The number of rotatable bonds is 3. The van der Waals surface area contributed by atoms with Crippen molar-refractivity contribution in [2.75, 3.05) is 5.73 Å². The number of nitrogens with two attached hydrogens (primary N) is 1. The number of aromatic nitrogens is 1. The molecule has 0 aliphatic rings. The highest BCUT2D eigenvalue weighted by Crippen LogP contribution is 2.12. The Balaban J connectivity index is 2.04. The summed E-state index contributed by atoms with van der Waals surface area (Å²) in [5.74, 6) is -0.304. The molecule has 1 amide bonds. The van der Waals surface area contributed by atoms with Crippen LogP contribution in [0.3, 0.4) is 0 Å². The first kappa shape index (κ1) is 11.2. The molecule has 88 valence electrons. The van der Waals surface area contributed by atoms with E-state index in [1.165, 1.54) is 6.26 Å². The molecular weight excluding hydrogens is 218 g/mol. The van der Waals surface area contributed by atoms with Crippen molar-refractivity contribution in [3.63, 3.8) is 0 Å². The standard InChI is InChI=1S/C12H13N3O2/c1-8(9-5-3-2-4-6-9)14-11(16)10-7-17-12(13)15-10/h2-8H,1H3,(H2,13,15)(H,14,16). The second-order valence-corrected chi connectivity index (χ2v) is 3.68. The van der Waals surface area contributed by atoms with Crippen LogP contribution in [0.15, 0.2) is 41.0 Å². The van der Waals surface area contributed by atoms with Crippen LogP contribution in [0.1, 0.15) is 29.0 Å². The molecular formula is C12H13N3O2. The van der Waals surface area contributed by atoms with Crippen molar-refractivity contribution in [1.82, 2.24) is 10.3 Å². The predicted molar refractivity (Wildman–Crippen MR) is 63.2 cm³/mol. The van der Waals surface area contributed by atoms with Crippen LogP contribution in [0.4, 0.5) is 6.01 Å². The molecule has 1 aromatic heterocycles. The van der Waals surface area contributed by atoms with Gasteiger partial charge in [-0.05, 0) is 12.5 Å². The van der Waals surface area contributed by atoms with Crippen molar-refractivity contribution in [1.29, 1.82) is 0 Å². The van der Waals surface area contributed by atoms with E-state index in [1.807, 2.05) is 37.3 Å². The summed E-state index contributed by atoms with van der Waals surface area (Å²) in [4.78, 5) is 15.5. The number of nitrogens with one attached hydrogen (secondary N) is 1. The van der Waals surface area contributed by atoms with Gasteiger partial charge in [-0.1, -0.05) is 30.3 Å². The van der Waals surface area contributed by atoms with E-state index in [-0.39, 0.29) is 23.7 Å². The van der Waals surface area contributed by atoms with Gasteiger partial charge >= 0.3 is 0 Å². The molecule has 5 nitrogen and oxygen atoms in total. The van der Waals surface area contributed by atoms with E-state index in [0.29, 0.717) is 0 Å². The van der Waals surface area contributed by atoms with E-state index in [0.717, 1.165) is 5.56 Å². The quantitative estimate of drug-likeness (QED) is 0.843. The predicted octanol–water partition coefficient (Wildman–Crippen LogP) is 1.75. The van der Waals surface area contributed by atoms with Gasteiger partial charge in [-0.15, -0.1) is 0 Å². The molecule has 0 radical (unpaired) electrons. The zero-order valence-electron chi connectivity index (χ0n) is 9.38. The van der Waals surface area contributed by atoms with E-state index in [9.17, 15) is 4.79 Å². The number of amides is 1. The fourth-order valence-corrected chi connectivity index (χ4v) is 1.49. The number of anilines is 1. The lowest BCUT2D eigenvalue weighted by Crippen LogP contribution is -2.26. The molecule has 17 heavy (non-hydrogen) atoms. The highest BCUT2D eigenvalue weighted by atomic mass is 16.4. The number of carbonyl (C=O) groups excluding carboxylic acids is 1. The van der Waals surface area contributed by atoms with Gasteiger partial charge in [0.1, 0.15) is 6.26 Å². The van der Waals surface area contributed by atoms with Gasteiger partial charge in [0.05, 0.1) is 6.04 Å². The Hall–Kier alpha value is -2.30. The highest BCUT2D eigenvalue weighted by molar-refractivity contribution is 5.92.